The fourth-order valence-electron chi connectivity index (χ4n) is 5.81. The summed E-state index contributed by atoms with van der Waals surface area (Å²) >= 11 is 6.31. The highest BCUT2D eigenvalue weighted by molar-refractivity contribution is 6.34. The Balaban J connectivity index is 1.32. The van der Waals surface area contributed by atoms with Crippen molar-refractivity contribution in [2.75, 3.05) is 45.7 Å². The Kier molecular flexibility index (Phi) is 8.17. The number of amides is 2. The van der Waals surface area contributed by atoms with E-state index in [-0.39, 0.29) is 38.3 Å². The molecule has 1 saturated heterocycles. The van der Waals surface area contributed by atoms with Gasteiger partial charge in [0.15, 0.2) is 0 Å². The van der Waals surface area contributed by atoms with Gasteiger partial charge in [0.25, 0.3) is 17.4 Å². The highest BCUT2D eigenvalue weighted by Gasteiger charge is 2.69. The molecule has 0 aromatic heterocycles. The van der Waals surface area contributed by atoms with Crippen LogP contribution >= 0.6 is 11.6 Å². The van der Waals surface area contributed by atoms with E-state index < -0.39 is 34.3 Å². The quantitative estimate of drug-likeness (QED) is 0.421. The lowest BCUT2D eigenvalue weighted by atomic mass is 9.86. The number of aliphatic hydroxyl groups is 1. The van der Waals surface area contributed by atoms with Crippen LogP contribution in [0.3, 0.4) is 0 Å². The van der Waals surface area contributed by atoms with E-state index in [4.69, 9.17) is 11.6 Å². The first-order valence-corrected chi connectivity index (χ1v) is 13.6. The molecule has 4 rings (SSSR count). The van der Waals surface area contributed by atoms with Crippen LogP contribution in [0.5, 0.6) is 0 Å². The highest BCUT2D eigenvalue weighted by Crippen LogP contribution is 2.67. The van der Waals surface area contributed by atoms with E-state index in [2.05, 4.69) is 0 Å². The maximum atomic E-state index is 15.8. The van der Waals surface area contributed by atoms with Gasteiger partial charge < -0.3 is 19.8 Å². The summed E-state index contributed by atoms with van der Waals surface area (Å²) in [6.07, 6.45) is -3.60. The van der Waals surface area contributed by atoms with Crippen LogP contribution in [0, 0.1) is 5.41 Å². The number of alkyl halides is 4. The molecule has 1 N–H and O–H groups in total. The minimum absolute atomic E-state index is 0.0495. The number of carbonyl (C=O) groups excluding carboxylic acids is 2. The number of piperidine rings is 1. The zero-order valence-corrected chi connectivity index (χ0v) is 23.5. The molecule has 0 unspecified atom stereocenters. The van der Waals surface area contributed by atoms with Gasteiger partial charge in [-0.1, -0.05) is 41.9 Å². The first-order chi connectivity index (χ1) is 18.7. The Morgan fingerprint density at radius 3 is 2.23 bits per heavy atom. The van der Waals surface area contributed by atoms with Crippen LogP contribution in [0.1, 0.15) is 48.0 Å². The molecule has 1 aliphatic heterocycles. The van der Waals surface area contributed by atoms with Crippen molar-refractivity contribution in [1.29, 1.82) is 0 Å². The molecular formula is C29H34ClF4N3O3. The maximum Gasteiger partial charge on any atom is 0.430 e. The van der Waals surface area contributed by atoms with Crippen LogP contribution in [0.4, 0.5) is 23.2 Å². The summed E-state index contributed by atoms with van der Waals surface area (Å²) in [7, 11) is 5.14. The number of hydrogen-bond donors (Lipinski definition) is 1. The Hall–Kier alpha value is -2.85. The number of rotatable bonds is 8. The number of carbonyl (C=O) groups is 2. The van der Waals surface area contributed by atoms with Gasteiger partial charge in [0.2, 0.25) is 0 Å². The van der Waals surface area contributed by atoms with Gasteiger partial charge in [0.05, 0.1) is 10.6 Å². The van der Waals surface area contributed by atoms with Gasteiger partial charge >= 0.3 is 6.18 Å². The third-order valence-corrected chi connectivity index (χ3v) is 8.77. The lowest BCUT2D eigenvalue weighted by Crippen LogP contribution is -2.57. The van der Waals surface area contributed by atoms with Gasteiger partial charge in [0, 0.05) is 57.4 Å². The fraction of sp³-hybridized carbons (Fsp3) is 0.517. The zero-order valence-electron chi connectivity index (χ0n) is 22.8. The molecule has 2 aliphatic rings. The minimum atomic E-state index is -5.21. The Labute approximate surface area is 236 Å². The molecule has 218 valence electrons. The van der Waals surface area contributed by atoms with E-state index >= 15 is 4.39 Å². The molecule has 1 heterocycles. The summed E-state index contributed by atoms with van der Waals surface area (Å²) in [5.74, 6) is -1.63. The molecule has 2 aromatic carbocycles. The van der Waals surface area contributed by atoms with E-state index in [0.717, 1.165) is 22.7 Å². The van der Waals surface area contributed by atoms with Gasteiger partial charge in [-0.05, 0) is 50.3 Å². The largest absolute Gasteiger partial charge is 0.430 e. The second-order valence-corrected chi connectivity index (χ2v) is 11.6. The Bertz CT molecular complexity index is 1250. The fourth-order valence-corrected chi connectivity index (χ4v) is 6.06. The Morgan fingerprint density at radius 2 is 1.68 bits per heavy atom. The molecule has 2 amide bonds. The van der Waals surface area contributed by atoms with Gasteiger partial charge in [-0.15, -0.1) is 0 Å². The van der Waals surface area contributed by atoms with Crippen LogP contribution in [0.25, 0.3) is 0 Å². The summed E-state index contributed by atoms with van der Waals surface area (Å²) in [6.45, 7) is 0.442. The molecule has 2 atom stereocenters. The van der Waals surface area contributed by atoms with Crippen molar-refractivity contribution in [3.63, 3.8) is 0 Å². The smallest absolute Gasteiger partial charge is 0.375 e. The van der Waals surface area contributed by atoms with Crippen LogP contribution < -0.4 is 4.90 Å². The monoisotopic (exact) mass is 583 g/mol. The van der Waals surface area contributed by atoms with E-state index in [9.17, 15) is 27.9 Å². The number of nitrogens with zero attached hydrogens (tertiary/aromatic N) is 3. The van der Waals surface area contributed by atoms with E-state index in [1.165, 1.54) is 23.1 Å². The topological polar surface area (TPSA) is 64.1 Å². The summed E-state index contributed by atoms with van der Waals surface area (Å²) in [5.41, 5.74) is -5.11. The van der Waals surface area contributed by atoms with Gasteiger partial charge in [-0.3, -0.25) is 9.59 Å². The average molecular weight is 584 g/mol. The molecule has 11 heteroatoms. The predicted molar refractivity (Wildman–Crippen MR) is 145 cm³/mol. The third kappa shape index (κ3) is 5.40. The van der Waals surface area contributed by atoms with Gasteiger partial charge in [-0.25, -0.2) is 4.39 Å². The first-order valence-electron chi connectivity index (χ1n) is 13.2. The molecule has 1 spiro atoms. The number of hydrogen-bond acceptors (Lipinski definition) is 4. The summed E-state index contributed by atoms with van der Waals surface area (Å²) in [5, 5.41) is 10.9. The van der Waals surface area contributed by atoms with Crippen molar-refractivity contribution in [2.45, 2.75) is 49.6 Å². The third-order valence-electron chi connectivity index (χ3n) is 8.46. The first kappa shape index (κ1) is 30.1. The minimum Gasteiger partial charge on any atom is -0.375 e. The number of benzene rings is 2. The average Bonchev–Trinajstić information content (AvgIpc) is 3.48. The van der Waals surface area contributed by atoms with Gasteiger partial charge in [0.1, 0.15) is 5.67 Å². The molecule has 2 aromatic rings. The molecule has 0 bridgehead atoms. The van der Waals surface area contributed by atoms with Crippen LogP contribution in [-0.4, -0.2) is 79.3 Å². The molecular weight excluding hydrogens is 550 g/mol. The molecule has 2 fully saturated rings. The Morgan fingerprint density at radius 1 is 1.05 bits per heavy atom. The SMILES string of the molecule is CN(C)C(=O)c1ccc(N(C)CCC[C@]2(F)CC23CCN(C(=O)[C@](O)(c2ccccc2)C(F)(F)F)CC3)cc1Cl. The predicted octanol–water partition coefficient (Wildman–Crippen LogP) is 5.43. The van der Waals surface area contributed by atoms with Crippen molar-refractivity contribution < 1.29 is 32.3 Å². The van der Waals surface area contributed by atoms with Crippen LogP contribution in [-0.2, 0) is 10.4 Å². The lowest BCUT2D eigenvalue weighted by Gasteiger charge is -2.39. The zero-order chi connectivity index (χ0) is 29.5. The maximum absolute atomic E-state index is 15.8. The number of likely N-dealkylation sites (tertiary alicyclic amines) is 1. The van der Waals surface area contributed by atoms with Crippen molar-refractivity contribution in [3.05, 3.63) is 64.7 Å². The van der Waals surface area contributed by atoms with Crippen molar-refractivity contribution >= 4 is 29.1 Å². The molecule has 1 saturated carbocycles. The lowest BCUT2D eigenvalue weighted by molar-refractivity contribution is -0.262. The van der Waals surface area contributed by atoms with E-state index in [1.807, 2.05) is 11.9 Å². The number of halogens is 5. The molecule has 40 heavy (non-hydrogen) atoms. The molecule has 0 radical (unpaired) electrons. The normalized spacial score (nSPS) is 21.6. The van der Waals surface area contributed by atoms with Crippen molar-refractivity contribution in [1.82, 2.24) is 9.80 Å². The van der Waals surface area contributed by atoms with Crippen LogP contribution in [0.15, 0.2) is 48.5 Å². The van der Waals surface area contributed by atoms with Crippen molar-refractivity contribution in [3.8, 4) is 0 Å². The van der Waals surface area contributed by atoms with E-state index in [0.29, 0.717) is 30.0 Å². The highest BCUT2D eigenvalue weighted by atomic mass is 35.5. The molecule has 1 aliphatic carbocycles. The van der Waals surface area contributed by atoms with E-state index in [1.54, 1.807) is 32.3 Å². The summed E-state index contributed by atoms with van der Waals surface area (Å²) < 4.78 is 57.6. The summed E-state index contributed by atoms with van der Waals surface area (Å²) in [4.78, 5) is 29.6. The second kappa shape index (κ2) is 10.9. The van der Waals surface area contributed by atoms with Crippen molar-refractivity contribution in [2.24, 2.45) is 5.41 Å². The summed E-state index contributed by atoms with van der Waals surface area (Å²) in [6, 6.07) is 11.5. The van der Waals surface area contributed by atoms with Crippen LogP contribution in [0.2, 0.25) is 5.02 Å². The number of anilines is 1. The second-order valence-electron chi connectivity index (χ2n) is 11.2. The standard InChI is InChI=1S/C29H34ClF4N3O3/c1-35(2)24(38)22-11-10-21(18-23(22)30)36(3)15-7-12-27(31)19-26(27)13-16-37(17-14-26)25(39)28(40,29(32,33)34)20-8-5-4-6-9-20/h4-6,8-11,18,40H,7,12-17,19H2,1-3H3/t27-,28+/m0/s1. The molecule has 6 nitrogen and oxygen atoms in total. The van der Waals surface area contributed by atoms with Gasteiger partial charge in [-0.2, -0.15) is 13.2 Å².